The molecule has 364 valence electrons. The summed E-state index contributed by atoms with van der Waals surface area (Å²) in [5, 5.41) is 9.62. The molecule has 5 nitrogen and oxygen atoms in total. The number of carbonyl (C=O) groups excluding carboxylic acids is 2. The molecule has 0 saturated heterocycles. The molecule has 0 aliphatic heterocycles. The Hall–Kier alpha value is -3.44. The summed E-state index contributed by atoms with van der Waals surface area (Å²) in [6.45, 7) is 4.02. The first-order valence-corrected chi connectivity index (χ1v) is 26.4. The van der Waals surface area contributed by atoms with Crippen molar-refractivity contribution in [2.24, 2.45) is 0 Å². The summed E-state index contributed by atoms with van der Waals surface area (Å²) in [7, 11) is 0. The molecule has 0 aliphatic rings. The number of hydrogen-bond acceptors (Lipinski definition) is 5. The van der Waals surface area contributed by atoms with E-state index in [9.17, 15) is 14.7 Å². The van der Waals surface area contributed by atoms with E-state index in [1.807, 2.05) is 0 Å². The number of allylic oxidation sites excluding steroid dienone is 18. The van der Waals surface area contributed by atoms with Crippen LogP contribution in [-0.2, 0) is 19.1 Å². The van der Waals surface area contributed by atoms with Crippen LogP contribution in [0, 0.1) is 0 Å². The zero-order valence-electron chi connectivity index (χ0n) is 41.5. The number of aliphatic hydroxyl groups excluding tert-OH is 1. The maximum Gasteiger partial charge on any atom is 0.306 e. The summed E-state index contributed by atoms with van der Waals surface area (Å²) < 4.78 is 10.7. The average molecular weight is 887 g/mol. The van der Waals surface area contributed by atoms with Crippen LogP contribution in [0.25, 0.3) is 0 Å². The lowest BCUT2D eigenvalue weighted by Crippen LogP contribution is -2.28. The average Bonchev–Trinajstić information content (AvgIpc) is 3.30. The van der Waals surface area contributed by atoms with E-state index in [-0.39, 0.29) is 25.2 Å². The first-order chi connectivity index (χ1) is 31.6. The Bertz CT molecular complexity index is 1280. The molecule has 0 heterocycles. The molecule has 0 radical (unpaired) electrons. The van der Waals surface area contributed by atoms with Crippen molar-refractivity contribution >= 4 is 11.9 Å². The molecule has 1 N–H and O–H groups in total. The molecule has 0 aromatic carbocycles. The van der Waals surface area contributed by atoms with Gasteiger partial charge in [-0.1, -0.05) is 245 Å². The van der Waals surface area contributed by atoms with E-state index >= 15 is 0 Å². The van der Waals surface area contributed by atoms with Crippen LogP contribution in [-0.4, -0.2) is 36.4 Å². The summed E-state index contributed by atoms with van der Waals surface area (Å²) in [4.78, 5) is 24.4. The molecular weight excluding hydrogens is 789 g/mol. The van der Waals surface area contributed by atoms with Gasteiger partial charge in [0.15, 0.2) is 6.10 Å². The van der Waals surface area contributed by atoms with Crippen LogP contribution in [0.2, 0.25) is 0 Å². The number of unbranched alkanes of at least 4 members (excludes halogenated alkanes) is 21. The number of aliphatic hydroxyl groups is 1. The predicted molar refractivity (Wildman–Crippen MR) is 279 cm³/mol. The molecule has 0 spiro atoms. The highest BCUT2D eigenvalue weighted by Crippen LogP contribution is 2.15. The van der Waals surface area contributed by atoms with Crippen LogP contribution in [0.5, 0.6) is 0 Å². The first-order valence-electron chi connectivity index (χ1n) is 26.4. The summed E-state index contributed by atoms with van der Waals surface area (Å²) in [6, 6.07) is 0. The normalized spacial score (nSPS) is 13.1. The minimum absolute atomic E-state index is 0.0733. The standard InChI is InChI=1S/C59H98O5/c1-3-5-7-9-11-13-15-17-19-20-21-22-23-24-25-26-27-28-29-30-31-32-33-34-35-36-37-38-40-42-44-46-48-50-52-54-59(62)64-57(55-60)56-63-58(61)53-51-49-47-45-43-41-39-18-16-14-12-10-8-6-4-2/h5,7,11,13,17,19,21-22,24-25,27-28,30-31,33-34,36-37,57,60H,3-4,6,8-10,12,14-16,18,20,23,26,29,32,35,38-56H2,1-2H3/b7-5-,13-11-,19-17-,22-21-,25-24-,28-27-,31-30-,34-33-,37-36-. The van der Waals surface area contributed by atoms with Crippen molar-refractivity contribution < 1.29 is 24.2 Å². The molecule has 0 aromatic heterocycles. The van der Waals surface area contributed by atoms with Gasteiger partial charge in [0.25, 0.3) is 0 Å². The van der Waals surface area contributed by atoms with Gasteiger partial charge >= 0.3 is 11.9 Å². The Morgan fingerprint density at radius 3 is 1.02 bits per heavy atom. The SMILES string of the molecule is CC/C=C\C/C=C\C/C=C\C/C=C\C/C=C\C/C=C\C/C=C\C/C=C\C/C=C\CCCCCCCCCC(=O)OC(CO)COC(=O)CCCCCCCCCCCCCCCCC. The first kappa shape index (κ1) is 60.6. The van der Waals surface area contributed by atoms with E-state index in [0.29, 0.717) is 12.8 Å². The second-order valence-corrected chi connectivity index (χ2v) is 17.2. The van der Waals surface area contributed by atoms with Gasteiger partial charge in [0.1, 0.15) is 6.61 Å². The van der Waals surface area contributed by atoms with Crippen molar-refractivity contribution in [1.29, 1.82) is 0 Å². The molecule has 64 heavy (non-hydrogen) atoms. The summed E-state index contributed by atoms with van der Waals surface area (Å²) >= 11 is 0. The van der Waals surface area contributed by atoms with E-state index in [4.69, 9.17) is 9.47 Å². The highest BCUT2D eigenvalue weighted by molar-refractivity contribution is 5.70. The monoisotopic (exact) mass is 887 g/mol. The van der Waals surface area contributed by atoms with Gasteiger partial charge in [-0.15, -0.1) is 0 Å². The maximum absolute atomic E-state index is 12.3. The van der Waals surface area contributed by atoms with Gasteiger partial charge in [0.05, 0.1) is 6.61 Å². The van der Waals surface area contributed by atoms with Gasteiger partial charge < -0.3 is 14.6 Å². The third kappa shape index (κ3) is 51.2. The molecule has 1 unspecified atom stereocenters. The summed E-state index contributed by atoms with van der Waals surface area (Å²) in [5.74, 6) is -0.604. The molecule has 0 rings (SSSR count). The lowest BCUT2D eigenvalue weighted by Gasteiger charge is -2.15. The topological polar surface area (TPSA) is 72.8 Å². The fourth-order valence-electron chi connectivity index (χ4n) is 7.14. The van der Waals surface area contributed by atoms with Crippen molar-refractivity contribution in [3.05, 3.63) is 109 Å². The summed E-state index contributed by atoms with van der Waals surface area (Å²) in [6.07, 6.45) is 77.5. The van der Waals surface area contributed by atoms with Crippen LogP contribution in [0.4, 0.5) is 0 Å². The number of rotatable bonds is 47. The van der Waals surface area contributed by atoms with Crippen LogP contribution in [0.1, 0.15) is 232 Å². The molecule has 0 aliphatic carbocycles. The zero-order chi connectivity index (χ0) is 46.3. The Morgan fingerprint density at radius 1 is 0.375 bits per heavy atom. The molecule has 0 aromatic rings. The number of ether oxygens (including phenoxy) is 2. The van der Waals surface area contributed by atoms with E-state index in [2.05, 4.69) is 123 Å². The molecule has 1 atom stereocenters. The highest BCUT2D eigenvalue weighted by atomic mass is 16.6. The van der Waals surface area contributed by atoms with E-state index in [0.717, 1.165) is 103 Å². The van der Waals surface area contributed by atoms with E-state index < -0.39 is 6.10 Å². The number of esters is 2. The molecule has 0 fully saturated rings. The molecule has 0 bridgehead atoms. The molecule has 0 amide bonds. The minimum atomic E-state index is -0.783. The van der Waals surface area contributed by atoms with Crippen LogP contribution in [0.3, 0.4) is 0 Å². The fraction of sp³-hybridized carbons (Fsp3) is 0.661. The fourth-order valence-corrected chi connectivity index (χ4v) is 7.14. The Labute approximate surface area is 395 Å². The predicted octanol–water partition coefficient (Wildman–Crippen LogP) is 17.7. The smallest absolute Gasteiger partial charge is 0.306 e. The maximum atomic E-state index is 12.3. The lowest BCUT2D eigenvalue weighted by molar-refractivity contribution is -0.161. The van der Waals surface area contributed by atoms with Gasteiger partial charge in [-0.3, -0.25) is 9.59 Å². The summed E-state index contributed by atoms with van der Waals surface area (Å²) in [5.41, 5.74) is 0. The Kier molecular flexibility index (Phi) is 51.0. The van der Waals surface area contributed by atoms with Crippen molar-refractivity contribution in [3.8, 4) is 0 Å². The third-order valence-corrected chi connectivity index (χ3v) is 11.1. The molecular formula is C59H98O5. The Morgan fingerprint density at radius 2 is 0.672 bits per heavy atom. The molecule has 0 saturated carbocycles. The molecule has 5 heteroatoms. The van der Waals surface area contributed by atoms with Gasteiger partial charge in [-0.2, -0.15) is 0 Å². The number of carbonyl (C=O) groups is 2. The Balaban J connectivity index is 3.60. The van der Waals surface area contributed by atoms with Crippen molar-refractivity contribution in [2.75, 3.05) is 13.2 Å². The van der Waals surface area contributed by atoms with Gasteiger partial charge in [-0.25, -0.2) is 0 Å². The quantitative estimate of drug-likeness (QED) is 0.0374. The lowest BCUT2D eigenvalue weighted by atomic mass is 10.0. The second kappa shape index (κ2) is 53.9. The van der Waals surface area contributed by atoms with Crippen LogP contribution < -0.4 is 0 Å². The van der Waals surface area contributed by atoms with Crippen molar-refractivity contribution in [3.63, 3.8) is 0 Å². The van der Waals surface area contributed by atoms with Gasteiger partial charge in [-0.05, 0) is 83.5 Å². The highest BCUT2D eigenvalue weighted by Gasteiger charge is 2.16. The van der Waals surface area contributed by atoms with Crippen molar-refractivity contribution in [2.45, 2.75) is 238 Å². The third-order valence-electron chi connectivity index (χ3n) is 11.1. The minimum Gasteiger partial charge on any atom is -0.462 e. The van der Waals surface area contributed by atoms with E-state index in [1.165, 1.54) is 103 Å². The van der Waals surface area contributed by atoms with Gasteiger partial charge in [0, 0.05) is 12.8 Å². The second-order valence-electron chi connectivity index (χ2n) is 17.2. The number of hydrogen-bond donors (Lipinski definition) is 1. The van der Waals surface area contributed by atoms with Crippen LogP contribution >= 0.6 is 0 Å². The van der Waals surface area contributed by atoms with Crippen LogP contribution in [0.15, 0.2) is 109 Å². The largest absolute Gasteiger partial charge is 0.462 e. The van der Waals surface area contributed by atoms with E-state index in [1.54, 1.807) is 0 Å². The van der Waals surface area contributed by atoms with Gasteiger partial charge in [0.2, 0.25) is 0 Å². The zero-order valence-corrected chi connectivity index (χ0v) is 41.5. The van der Waals surface area contributed by atoms with Crippen molar-refractivity contribution in [1.82, 2.24) is 0 Å².